The zero-order valence-corrected chi connectivity index (χ0v) is 11.6. The fourth-order valence-corrected chi connectivity index (χ4v) is 2.03. The summed E-state index contributed by atoms with van der Waals surface area (Å²) in [5.41, 5.74) is 0.194. The van der Waals surface area contributed by atoms with E-state index in [1.165, 1.54) is 18.2 Å². The molecule has 96 valence electrons. The first-order chi connectivity index (χ1) is 9.01. The molecular formula is C13H6Cl3NO2. The predicted octanol–water partition coefficient (Wildman–Crippen LogP) is 5.02. The largest absolute Gasteiger partial charge is 0.504 e. The van der Waals surface area contributed by atoms with E-state index in [4.69, 9.17) is 44.8 Å². The van der Waals surface area contributed by atoms with Crippen LogP contribution in [0.2, 0.25) is 15.1 Å². The van der Waals surface area contributed by atoms with Gasteiger partial charge < -0.3 is 9.84 Å². The molecule has 0 bridgehead atoms. The van der Waals surface area contributed by atoms with Crippen LogP contribution < -0.4 is 4.74 Å². The zero-order valence-electron chi connectivity index (χ0n) is 9.32. The maximum atomic E-state index is 9.73. The molecule has 3 nitrogen and oxygen atoms in total. The number of rotatable bonds is 2. The molecule has 0 unspecified atom stereocenters. The number of hydrogen-bond acceptors (Lipinski definition) is 3. The van der Waals surface area contributed by atoms with Gasteiger partial charge >= 0.3 is 0 Å². The zero-order chi connectivity index (χ0) is 14.0. The van der Waals surface area contributed by atoms with Crippen LogP contribution in [0.15, 0.2) is 30.3 Å². The Morgan fingerprint density at radius 1 is 1.00 bits per heavy atom. The smallest absolute Gasteiger partial charge is 0.170 e. The van der Waals surface area contributed by atoms with E-state index in [0.717, 1.165) is 0 Å². The van der Waals surface area contributed by atoms with Gasteiger partial charge in [-0.1, -0.05) is 34.8 Å². The normalized spacial score (nSPS) is 10.0. The molecule has 6 heteroatoms. The first-order valence-electron chi connectivity index (χ1n) is 5.07. The Bertz CT molecular complexity index is 680. The number of nitrogens with zero attached hydrogens (tertiary/aromatic N) is 1. The lowest BCUT2D eigenvalue weighted by molar-refractivity contribution is 0.411. The van der Waals surface area contributed by atoms with Crippen molar-refractivity contribution in [3.05, 3.63) is 51.0 Å². The Kier molecular flexibility index (Phi) is 4.06. The first-order valence-corrected chi connectivity index (χ1v) is 6.20. The second-order valence-corrected chi connectivity index (χ2v) is 4.84. The van der Waals surface area contributed by atoms with Crippen molar-refractivity contribution in [2.45, 2.75) is 0 Å². The van der Waals surface area contributed by atoms with Crippen molar-refractivity contribution in [1.29, 1.82) is 5.26 Å². The summed E-state index contributed by atoms with van der Waals surface area (Å²) in [6.07, 6.45) is 0. The number of phenolic OH excluding ortho intramolecular Hbond substituents is 1. The van der Waals surface area contributed by atoms with Crippen molar-refractivity contribution in [3.8, 4) is 23.3 Å². The fraction of sp³-hybridized carbons (Fsp3) is 0. The molecule has 0 aromatic heterocycles. The number of phenols is 1. The third-order valence-corrected chi connectivity index (χ3v) is 3.13. The van der Waals surface area contributed by atoms with E-state index in [-0.39, 0.29) is 22.1 Å². The van der Waals surface area contributed by atoms with E-state index in [1.807, 2.05) is 6.07 Å². The standard InChI is InChI=1S/C13H6Cl3NO2/c14-8-1-2-12(10(16)4-8)19-13-3-7(6-17)9(15)5-11(13)18/h1-5,18H. The van der Waals surface area contributed by atoms with Gasteiger partial charge in [0.05, 0.1) is 15.6 Å². The van der Waals surface area contributed by atoms with E-state index in [0.29, 0.717) is 15.8 Å². The Labute approximate surface area is 124 Å². The van der Waals surface area contributed by atoms with Gasteiger partial charge in [-0.15, -0.1) is 0 Å². The van der Waals surface area contributed by atoms with Gasteiger partial charge in [0.2, 0.25) is 0 Å². The van der Waals surface area contributed by atoms with Gasteiger partial charge in [0.1, 0.15) is 11.8 Å². The van der Waals surface area contributed by atoms with Crippen LogP contribution in [0.1, 0.15) is 5.56 Å². The summed E-state index contributed by atoms with van der Waals surface area (Å²) in [5.74, 6) is 0.216. The average molecular weight is 315 g/mol. The predicted molar refractivity (Wildman–Crippen MR) is 74.4 cm³/mol. The molecule has 1 N–H and O–H groups in total. The van der Waals surface area contributed by atoms with E-state index in [2.05, 4.69) is 0 Å². The van der Waals surface area contributed by atoms with E-state index < -0.39 is 0 Å². The number of hydrogen-bond donors (Lipinski definition) is 1. The summed E-state index contributed by atoms with van der Waals surface area (Å²) in [5, 5.41) is 19.5. The first kappa shape index (κ1) is 13.8. The van der Waals surface area contributed by atoms with Crippen LogP contribution in [-0.2, 0) is 0 Å². The molecule has 0 aliphatic rings. The van der Waals surface area contributed by atoms with Crippen molar-refractivity contribution in [3.63, 3.8) is 0 Å². The molecule has 0 saturated carbocycles. The van der Waals surface area contributed by atoms with Crippen molar-refractivity contribution in [1.82, 2.24) is 0 Å². The maximum absolute atomic E-state index is 9.73. The summed E-state index contributed by atoms with van der Waals surface area (Å²) in [6, 6.07) is 9.14. The van der Waals surface area contributed by atoms with Gasteiger partial charge in [0.15, 0.2) is 11.5 Å². The minimum absolute atomic E-state index is 0.0881. The maximum Gasteiger partial charge on any atom is 0.170 e. The SMILES string of the molecule is N#Cc1cc(Oc2ccc(Cl)cc2Cl)c(O)cc1Cl. The molecular weight excluding hydrogens is 309 g/mol. The molecule has 0 atom stereocenters. The Balaban J connectivity index is 2.41. The van der Waals surface area contributed by atoms with Crippen LogP contribution in [0.4, 0.5) is 0 Å². The molecule has 0 radical (unpaired) electrons. The van der Waals surface area contributed by atoms with Crippen molar-refractivity contribution in [2.75, 3.05) is 0 Å². The van der Waals surface area contributed by atoms with Gasteiger partial charge in [-0.05, 0) is 18.2 Å². The lowest BCUT2D eigenvalue weighted by Crippen LogP contribution is -1.88. The summed E-state index contributed by atoms with van der Waals surface area (Å²) in [6.45, 7) is 0. The molecule has 19 heavy (non-hydrogen) atoms. The summed E-state index contributed by atoms with van der Waals surface area (Å²) in [7, 11) is 0. The van der Waals surface area contributed by atoms with Crippen molar-refractivity contribution in [2.24, 2.45) is 0 Å². The minimum Gasteiger partial charge on any atom is -0.504 e. The van der Waals surface area contributed by atoms with Crippen molar-refractivity contribution >= 4 is 34.8 Å². The van der Waals surface area contributed by atoms with Gasteiger partial charge in [-0.2, -0.15) is 5.26 Å². The number of halogens is 3. The molecule has 2 aromatic carbocycles. The molecule has 0 fully saturated rings. The lowest BCUT2D eigenvalue weighted by Gasteiger charge is -2.10. The summed E-state index contributed by atoms with van der Waals surface area (Å²) < 4.78 is 5.44. The quantitative estimate of drug-likeness (QED) is 0.847. The lowest BCUT2D eigenvalue weighted by atomic mass is 10.2. The van der Waals surface area contributed by atoms with Gasteiger partial charge in [-0.3, -0.25) is 0 Å². The van der Waals surface area contributed by atoms with Crippen LogP contribution in [0.3, 0.4) is 0 Å². The van der Waals surface area contributed by atoms with Crippen LogP contribution in [0.25, 0.3) is 0 Å². The molecule has 2 aromatic rings. The van der Waals surface area contributed by atoms with Crippen molar-refractivity contribution < 1.29 is 9.84 Å². The molecule has 0 aliphatic carbocycles. The van der Waals surface area contributed by atoms with Gasteiger partial charge in [0, 0.05) is 17.2 Å². The fourth-order valence-electron chi connectivity index (χ4n) is 1.39. The van der Waals surface area contributed by atoms with Crippen LogP contribution in [0.5, 0.6) is 17.2 Å². The van der Waals surface area contributed by atoms with Crippen LogP contribution in [-0.4, -0.2) is 5.11 Å². The number of ether oxygens (including phenoxy) is 1. The van der Waals surface area contributed by atoms with Crippen LogP contribution >= 0.6 is 34.8 Å². The third-order valence-electron chi connectivity index (χ3n) is 2.28. The van der Waals surface area contributed by atoms with E-state index in [1.54, 1.807) is 12.1 Å². The van der Waals surface area contributed by atoms with Gasteiger partial charge in [0.25, 0.3) is 0 Å². The monoisotopic (exact) mass is 313 g/mol. The second kappa shape index (κ2) is 5.58. The Morgan fingerprint density at radius 3 is 2.37 bits per heavy atom. The Hall–Kier alpha value is -1.60. The number of nitriles is 1. The minimum atomic E-state index is -0.185. The average Bonchev–Trinajstić information content (AvgIpc) is 2.35. The number of benzene rings is 2. The summed E-state index contributed by atoms with van der Waals surface area (Å²) in [4.78, 5) is 0. The third kappa shape index (κ3) is 3.05. The molecule has 0 saturated heterocycles. The summed E-state index contributed by atoms with van der Waals surface area (Å²) >= 11 is 17.5. The van der Waals surface area contributed by atoms with E-state index in [9.17, 15) is 5.11 Å². The molecule has 0 aliphatic heterocycles. The molecule has 0 heterocycles. The second-order valence-electron chi connectivity index (χ2n) is 3.59. The molecule has 2 rings (SSSR count). The highest BCUT2D eigenvalue weighted by Gasteiger charge is 2.11. The Morgan fingerprint density at radius 2 is 1.74 bits per heavy atom. The highest BCUT2D eigenvalue weighted by Crippen LogP contribution is 2.38. The van der Waals surface area contributed by atoms with Gasteiger partial charge in [-0.25, -0.2) is 0 Å². The highest BCUT2D eigenvalue weighted by atomic mass is 35.5. The molecule has 0 amide bonds. The molecule has 0 spiro atoms. The van der Waals surface area contributed by atoms with Crippen LogP contribution in [0, 0.1) is 11.3 Å². The number of aromatic hydroxyl groups is 1. The topological polar surface area (TPSA) is 53.2 Å². The van der Waals surface area contributed by atoms with E-state index >= 15 is 0 Å². The highest BCUT2D eigenvalue weighted by molar-refractivity contribution is 6.35.